The van der Waals surface area contributed by atoms with Crippen LogP contribution in [0, 0.1) is 5.82 Å². The van der Waals surface area contributed by atoms with Gasteiger partial charge in [-0.15, -0.1) is 0 Å². The maximum Gasteiger partial charge on any atom is 0.141 e. The van der Waals surface area contributed by atoms with Crippen molar-refractivity contribution in [2.45, 2.75) is 13.0 Å². The van der Waals surface area contributed by atoms with Crippen molar-refractivity contribution in [2.75, 3.05) is 32.8 Å². The fraction of sp³-hybridized carbons (Fsp3) is 0.538. The highest BCUT2D eigenvalue weighted by Gasteiger charge is 2.17. The maximum absolute atomic E-state index is 13.3. The van der Waals surface area contributed by atoms with E-state index in [4.69, 9.17) is 4.74 Å². The first-order valence-corrected chi connectivity index (χ1v) is 6.99. The Hall–Kier alpha value is -0.650. The fourth-order valence-corrected chi connectivity index (χ4v) is 2.31. The van der Waals surface area contributed by atoms with E-state index in [0.717, 1.165) is 26.2 Å². The molecule has 1 aromatic carbocycles. The van der Waals surface area contributed by atoms with Crippen LogP contribution in [0.15, 0.2) is 22.7 Å². The number of nitrogens with zero attached hydrogens (tertiary/aromatic N) is 1. The van der Waals surface area contributed by atoms with Gasteiger partial charge >= 0.3 is 0 Å². The number of halogens is 2. The van der Waals surface area contributed by atoms with Gasteiger partial charge in [0.15, 0.2) is 0 Å². The van der Waals surface area contributed by atoms with Crippen LogP contribution in [-0.4, -0.2) is 43.7 Å². The van der Waals surface area contributed by atoms with Crippen LogP contribution < -0.4 is 10.1 Å². The second-order valence-corrected chi connectivity index (χ2v) is 5.37. The van der Waals surface area contributed by atoms with Gasteiger partial charge in [0, 0.05) is 38.3 Å². The van der Waals surface area contributed by atoms with Crippen LogP contribution in [0.3, 0.4) is 0 Å². The molecular formula is C13H18BrFN2O. The molecule has 1 heterocycles. The first kappa shape index (κ1) is 13.8. The summed E-state index contributed by atoms with van der Waals surface area (Å²) in [5.41, 5.74) is 0. The van der Waals surface area contributed by atoms with Gasteiger partial charge in [0.1, 0.15) is 18.2 Å². The minimum Gasteiger partial charge on any atom is -0.492 e. The van der Waals surface area contributed by atoms with Crippen LogP contribution in [0.1, 0.15) is 6.92 Å². The molecule has 1 aliphatic rings. The number of benzene rings is 1. The van der Waals surface area contributed by atoms with Gasteiger partial charge in [-0.2, -0.15) is 0 Å². The summed E-state index contributed by atoms with van der Waals surface area (Å²) in [4.78, 5) is 2.38. The third-order valence-electron chi connectivity index (χ3n) is 3.18. The monoisotopic (exact) mass is 316 g/mol. The second kappa shape index (κ2) is 6.50. The smallest absolute Gasteiger partial charge is 0.141 e. The quantitative estimate of drug-likeness (QED) is 0.922. The third kappa shape index (κ3) is 3.67. The molecule has 0 bridgehead atoms. The summed E-state index contributed by atoms with van der Waals surface area (Å²) in [6.07, 6.45) is 0. The highest BCUT2D eigenvalue weighted by atomic mass is 79.9. The molecule has 2 rings (SSSR count). The summed E-state index contributed by atoms with van der Waals surface area (Å²) in [6.45, 7) is 6.75. The molecule has 0 amide bonds. The summed E-state index contributed by atoms with van der Waals surface area (Å²) in [7, 11) is 0. The summed E-state index contributed by atoms with van der Waals surface area (Å²) < 4.78 is 19.3. The number of hydrogen-bond acceptors (Lipinski definition) is 3. The SMILES string of the molecule is CC1CNCCN1CCOc1ccc(Br)c(F)c1. The summed E-state index contributed by atoms with van der Waals surface area (Å²) in [6, 6.07) is 5.38. The Morgan fingerprint density at radius 3 is 3.11 bits per heavy atom. The van der Waals surface area contributed by atoms with E-state index in [2.05, 4.69) is 33.1 Å². The molecule has 0 aromatic heterocycles. The van der Waals surface area contributed by atoms with Gasteiger partial charge in [-0.3, -0.25) is 4.90 Å². The van der Waals surface area contributed by atoms with Crippen molar-refractivity contribution < 1.29 is 9.13 Å². The molecule has 1 unspecified atom stereocenters. The molecular weight excluding hydrogens is 299 g/mol. The Labute approximate surface area is 115 Å². The highest BCUT2D eigenvalue weighted by Crippen LogP contribution is 2.20. The largest absolute Gasteiger partial charge is 0.492 e. The predicted molar refractivity (Wildman–Crippen MR) is 73.5 cm³/mol. The van der Waals surface area contributed by atoms with E-state index >= 15 is 0 Å². The van der Waals surface area contributed by atoms with E-state index in [0.29, 0.717) is 22.9 Å². The lowest BCUT2D eigenvalue weighted by molar-refractivity contribution is 0.143. The van der Waals surface area contributed by atoms with Crippen LogP contribution in [-0.2, 0) is 0 Å². The van der Waals surface area contributed by atoms with E-state index in [9.17, 15) is 4.39 Å². The molecule has 100 valence electrons. The lowest BCUT2D eigenvalue weighted by Gasteiger charge is -2.33. The van der Waals surface area contributed by atoms with Gasteiger partial charge in [0.25, 0.3) is 0 Å². The van der Waals surface area contributed by atoms with Crippen LogP contribution in [0.5, 0.6) is 5.75 Å². The van der Waals surface area contributed by atoms with E-state index < -0.39 is 0 Å². The van der Waals surface area contributed by atoms with Crippen LogP contribution in [0.2, 0.25) is 0 Å². The van der Waals surface area contributed by atoms with E-state index in [1.54, 1.807) is 12.1 Å². The van der Waals surface area contributed by atoms with Crippen molar-refractivity contribution >= 4 is 15.9 Å². The minimum absolute atomic E-state index is 0.289. The summed E-state index contributed by atoms with van der Waals surface area (Å²) >= 11 is 3.12. The van der Waals surface area contributed by atoms with Gasteiger partial charge in [-0.05, 0) is 35.0 Å². The fourth-order valence-electron chi connectivity index (χ4n) is 2.06. The Bertz CT molecular complexity index is 403. The normalized spacial score (nSPS) is 20.9. The molecule has 0 spiro atoms. The van der Waals surface area contributed by atoms with Crippen molar-refractivity contribution in [2.24, 2.45) is 0 Å². The molecule has 18 heavy (non-hydrogen) atoms. The average molecular weight is 317 g/mol. The third-order valence-corrected chi connectivity index (χ3v) is 3.82. The highest BCUT2D eigenvalue weighted by molar-refractivity contribution is 9.10. The Balaban J connectivity index is 1.79. The number of hydrogen-bond donors (Lipinski definition) is 1. The first-order chi connectivity index (χ1) is 8.66. The van der Waals surface area contributed by atoms with Crippen LogP contribution in [0.25, 0.3) is 0 Å². The summed E-state index contributed by atoms with van der Waals surface area (Å²) in [5.74, 6) is 0.293. The maximum atomic E-state index is 13.3. The van der Waals surface area contributed by atoms with Crippen molar-refractivity contribution in [3.8, 4) is 5.75 Å². The molecule has 3 nitrogen and oxygen atoms in total. The number of rotatable bonds is 4. The van der Waals surface area contributed by atoms with Crippen LogP contribution in [0.4, 0.5) is 4.39 Å². The molecule has 0 saturated carbocycles. The van der Waals surface area contributed by atoms with Crippen molar-refractivity contribution in [3.05, 3.63) is 28.5 Å². The summed E-state index contributed by atoms with van der Waals surface area (Å²) in [5, 5.41) is 3.35. The second-order valence-electron chi connectivity index (χ2n) is 4.51. The molecule has 0 radical (unpaired) electrons. The molecule has 1 saturated heterocycles. The zero-order valence-electron chi connectivity index (χ0n) is 10.5. The molecule has 1 fully saturated rings. The van der Waals surface area contributed by atoms with Gasteiger partial charge in [-0.25, -0.2) is 4.39 Å². The average Bonchev–Trinajstić information content (AvgIpc) is 2.36. The topological polar surface area (TPSA) is 24.5 Å². The predicted octanol–water partition coefficient (Wildman–Crippen LogP) is 2.26. The number of piperazine rings is 1. The molecule has 1 aliphatic heterocycles. The number of nitrogens with one attached hydrogen (secondary N) is 1. The molecule has 0 aliphatic carbocycles. The van der Waals surface area contributed by atoms with E-state index in [1.165, 1.54) is 6.07 Å². The van der Waals surface area contributed by atoms with E-state index in [-0.39, 0.29) is 5.82 Å². The molecule has 5 heteroatoms. The molecule has 1 N–H and O–H groups in total. The molecule has 1 atom stereocenters. The Kier molecular flexibility index (Phi) is 4.97. The number of ether oxygens (including phenoxy) is 1. The van der Waals surface area contributed by atoms with Crippen molar-refractivity contribution in [1.29, 1.82) is 0 Å². The standard InChI is InChI=1S/C13H18BrFN2O/c1-10-9-16-4-5-17(10)6-7-18-11-2-3-12(14)13(15)8-11/h2-3,8,10,16H,4-7,9H2,1H3. The zero-order chi connectivity index (χ0) is 13.0. The van der Waals surface area contributed by atoms with Gasteiger partial charge in [0.05, 0.1) is 4.47 Å². The lowest BCUT2D eigenvalue weighted by atomic mass is 10.2. The minimum atomic E-state index is -0.289. The van der Waals surface area contributed by atoms with Gasteiger partial charge < -0.3 is 10.1 Å². The van der Waals surface area contributed by atoms with Crippen molar-refractivity contribution in [1.82, 2.24) is 10.2 Å². The van der Waals surface area contributed by atoms with Crippen LogP contribution >= 0.6 is 15.9 Å². The van der Waals surface area contributed by atoms with Crippen molar-refractivity contribution in [3.63, 3.8) is 0 Å². The van der Waals surface area contributed by atoms with E-state index in [1.807, 2.05) is 0 Å². The first-order valence-electron chi connectivity index (χ1n) is 6.19. The zero-order valence-corrected chi connectivity index (χ0v) is 12.0. The lowest BCUT2D eigenvalue weighted by Crippen LogP contribution is -2.50. The van der Waals surface area contributed by atoms with Gasteiger partial charge in [0.2, 0.25) is 0 Å². The Morgan fingerprint density at radius 1 is 1.56 bits per heavy atom. The molecule has 1 aromatic rings. The Morgan fingerprint density at radius 2 is 2.39 bits per heavy atom. The van der Waals surface area contributed by atoms with Gasteiger partial charge in [-0.1, -0.05) is 0 Å².